The van der Waals surface area contributed by atoms with E-state index in [0.717, 1.165) is 0 Å². The van der Waals surface area contributed by atoms with Gasteiger partial charge in [-0.25, -0.2) is 17.9 Å². The maximum atomic E-state index is 12.8. The Bertz CT molecular complexity index is 677. The van der Waals surface area contributed by atoms with Gasteiger partial charge >= 0.3 is 5.97 Å². The van der Waals surface area contributed by atoms with Gasteiger partial charge in [0.15, 0.2) is 0 Å². The van der Waals surface area contributed by atoms with Crippen LogP contribution in [0.4, 0.5) is 0 Å². The van der Waals surface area contributed by atoms with Crippen molar-refractivity contribution in [3.8, 4) is 0 Å². The highest BCUT2D eigenvalue weighted by Crippen LogP contribution is 2.23. The molecule has 0 aliphatic heterocycles. The minimum Gasteiger partial charge on any atom is -0.465 e. The predicted octanol–water partition coefficient (Wildman–Crippen LogP) is 2.25. The zero-order chi connectivity index (χ0) is 17.8. The Balaban J connectivity index is 0.00000529. The van der Waals surface area contributed by atoms with Crippen LogP contribution in [-0.4, -0.2) is 33.6 Å². The number of carbonyl (C=O) groups is 1. The molecule has 24 heavy (non-hydrogen) atoms. The molecule has 8 heteroatoms. The number of hydrogen-bond donors (Lipinski definition) is 2. The first kappa shape index (κ1) is 22.9. The van der Waals surface area contributed by atoms with E-state index in [1.54, 1.807) is 13.8 Å². The van der Waals surface area contributed by atoms with Crippen molar-refractivity contribution in [1.29, 1.82) is 0 Å². The van der Waals surface area contributed by atoms with Crippen LogP contribution < -0.4 is 10.5 Å². The zero-order valence-electron chi connectivity index (χ0n) is 14.8. The summed E-state index contributed by atoms with van der Waals surface area (Å²) in [6.07, 6.45) is 0.610. The summed E-state index contributed by atoms with van der Waals surface area (Å²) in [4.78, 5) is 11.8. The topological polar surface area (TPSA) is 98.5 Å². The second kappa shape index (κ2) is 8.80. The Kier molecular flexibility index (Phi) is 8.38. The third-order valence-corrected chi connectivity index (χ3v) is 5.45. The van der Waals surface area contributed by atoms with Gasteiger partial charge in [-0.05, 0) is 43.9 Å². The number of hydrogen-bond acceptors (Lipinski definition) is 5. The lowest BCUT2D eigenvalue weighted by molar-refractivity contribution is 0.0599. The first-order valence-corrected chi connectivity index (χ1v) is 8.96. The number of nitrogens with two attached hydrogens (primary N) is 1. The van der Waals surface area contributed by atoms with Gasteiger partial charge in [0.25, 0.3) is 0 Å². The van der Waals surface area contributed by atoms with Crippen LogP contribution in [0.5, 0.6) is 0 Å². The number of halogens is 1. The fourth-order valence-electron chi connectivity index (χ4n) is 2.68. The van der Waals surface area contributed by atoms with E-state index in [4.69, 9.17) is 5.73 Å². The van der Waals surface area contributed by atoms with Crippen molar-refractivity contribution in [3.05, 3.63) is 29.3 Å². The number of methoxy groups -OCH3 is 1. The number of sulfonamides is 1. The molecule has 0 aliphatic rings. The van der Waals surface area contributed by atoms with Crippen molar-refractivity contribution in [1.82, 2.24) is 4.72 Å². The van der Waals surface area contributed by atoms with E-state index < -0.39 is 21.5 Å². The molecule has 138 valence electrons. The van der Waals surface area contributed by atoms with Crippen LogP contribution in [0.1, 0.15) is 43.1 Å². The number of esters is 1. The normalized spacial score (nSPS) is 14.0. The Morgan fingerprint density at radius 1 is 1.38 bits per heavy atom. The molecule has 1 aromatic rings. The lowest BCUT2D eigenvalue weighted by Gasteiger charge is -2.31. The largest absolute Gasteiger partial charge is 0.465 e. The number of nitrogens with one attached hydrogen (secondary N) is 1. The molecule has 1 rings (SSSR count). The number of ether oxygens (including phenoxy) is 1. The highest BCUT2D eigenvalue weighted by Gasteiger charge is 2.31. The maximum absolute atomic E-state index is 12.8. The minimum atomic E-state index is -3.81. The summed E-state index contributed by atoms with van der Waals surface area (Å²) in [6.45, 7) is 7.56. The Morgan fingerprint density at radius 3 is 2.42 bits per heavy atom. The highest BCUT2D eigenvalue weighted by molar-refractivity contribution is 7.89. The van der Waals surface area contributed by atoms with Gasteiger partial charge < -0.3 is 10.5 Å². The van der Waals surface area contributed by atoms with E-state index in [1.165, 1.54) is 25.3 Å². The molecule has 0 bridgehead atoms. The van der Waals surface area contributed by atoms with E-state index >= 15 is 0 Å². The molecule has 0 aromatic heterocycles. The SMILES string of the molecule is COC(=O)c1cccc(S(=O)(=O)NC(C)(CN)CC(C)C)c1C.Cl. The van der Waals surface area contributed by atoms with Gasteiger partial charge in [-0.2, -0.15) is 0 Å². The molecule has 0 saturated carbocycles. The average molecular weight is 379 g/mol. The summed E-state index contributed by atoms with van der Waals surface area (Å²) in [6, 6.07) is 4.53. The number of benzene rings is 1. The monoisotopic (exact) mass is 378 g/mol. The average Bonchev–Trinajstić information content (AvgIpc) is 2.45. The van der Waals surface area contributed by atoms with Crippen molar-refractivity contribution in [3.63, 3.8) is 0 Å². The summed E-state index contributed by atoms with van der Waals surface area (Å²) < 4.78 is 32.9. The summed E-state index contributed by atoms with van der Waals surface area (Å²) in [7, 11) is -2.55. The van der Waals surface area contributed by atoms with Crippen molar-refractivity contribution >= 4 is 28.4 Å². The van der Waals surface area contributed by atoms with Crippen molar-refractivity contribution in [2.24, 2.45) is 11.7 Å². The Morgan fingerprint density at radius 2 is 1.96 bits per heavy atom. The molecule has 0 fully saturated rings. The first-order chi connectivity index (χ1) is 10.6. The molecule has 1 aromatic carbocycles. The van der Waals surface area contributed by atoms with Crippen molar-refractivity contribution < 1.29 is 17.9 Å². The number of carbonyl (C=O) groups excluding carboxylic acids is 1. The van der Waals surface area contributed by atoms with Gasteiger partial charge in [-0.15, -0.1) is 12.4 Å². The Hall–Kier alpha value is -1.15. The third kappa shape index (κ3) is 5.44. The standard InChI is InChI=1S/C16H26N2O4S.ClH/c1-11(2)9-16(4,10-17)18-23(20,21)14-8-6-7-13(12(14)3)15(19)22-5;/h6-8,11,18H,9-10,17H2,1-5H3;1H. The lowest BCUT2D eigenvalue weighted by Crippen LogP contribution is -2.52. The van der Waals surface area contributed by atoms with Gasteiger partial charge in [0.2, 0.25) is 10.0 Å². The molecular weight excluding hydrogens is 352 g/mol. The zero-order valence-corrected chi connectivity index (χ0v) is 16.4. The molecule has 0 saturated heterocycles. The molecular formula is C16H27ClN2O4S. The van der Waals surface area contributed by atoms with Gasteiger partial charge in [0, 0.05) is 12.1 Å². The van der Waals surface area contributed by atoms with Crippen LogP contribution >= 0.6 is 12.4 Å². The molecule has 0 amide bonds. The van der Waals surface area contributed by atoms with Crippen LogP contribution in [-0.2, 0) is 14.8 Å². The van der Waals surface area contributed by atoms with Gasteiger partial charge in [0.05, 0.1) is 17.6 Å². The summed E-state index contributed by atoms with van der Waals surface area (Å²) in [5.74, 6) is -0.280. The molecule has 1 atom stereocenters. The lowest BCUT2D eigenvalue weighted by atomic mass is 9.92. The first-order valence-electron chi connectivity index (χ1n) is 7.48. The fourth-order valence-corrected chi connectivity index (χ4v) is 4.38. The van der Waals surface area contributed by atoms with Gasteiger partial charge in [-0.3, -0.25) is 0 Å². The Labute approximate surface area is 150 Å². The molecule has 0 aliphatic carbocycles. The predicted molar refractivity (Wildman–Crippen MR) is 97.0 cm³/mol. The second-order valence-electron chi connectivity index (χ2n) is 6.39. The minimum absolute atomic E-state index is 0. The molecule has 0 spiro atoms. The van der Waals surface area contributed by atoms with Gasteiger partial charge in [-0.1, -0.05) is 19.9 Å². The second-order valence-corrected chi connectivity index (χ2v) is 8.04. The molecule has 1 unspecified atom stereocenters. The van der Waals surface area contributed by atoms with E-state index in [2.05, 4.69) is 9.46 Å². The smallest absolute Gasteiger partial charge is 0.338 e. The summed E-state index contributed by atoms with van der Waals surface area (Å²) in [5.41, 5.74) is 5.62. The van der Waals surface area contributed by atoms with Crippen LogP contribution in [0.25, 0.3) is 0 Å². The van der Waals surface area contributed by atoms with Crippen LogP contribution in [0.2, 0.25) is 0 Å². The molecule has 0 heterocycles. The van der Waals surface area contributed by atoms with Crippen molar-refractivity contribution in [2.75, 3.05) is 13.7 Å². The van der Waals surface area contributed by atoms with Crippen LogP contribution in [0.15, 0.2) is 23.1 Å². The van der Waals surface area contributed by atoms with E-state index in [-0.39, 0.29) is 35.3 Å². The molecule has 6 nitrogen and oxygen atoms in total. The summed E-state index contributed by atoms with van der Waals surface area (Å²) >= 11 is 0. The maximum Gasteiger partial charge on any atom is 0.338 e. The van der Waals surface area contributed by atoms with E-state index in [0.29, 0.717) is 12.0 Å². The van der Waals surface area contributed by atoms with Crippen LogP contribution in [0, 0.1) is 12.8 Å². The number of rotatable bonds is 7. The molecule has 0 radical (unpaired) electrons. The molecule has 3 N–H and O–H groups in total. The quantitative estimate of drug-likeness (QED) is 0.709. The van der Waals surface area contributed by atoms with Crippen molar-refractivity contribution in [2.45, 2.75) is 44.6 Å². The van der Waals surface area contributed by atoms with Crippen LogP contribution in [0.3, 0.4) is 0 Å². The van der Waals surface area contributed by atoms with E-state index in [9.17, 15) is 13.2 Å². The summed E-state index contributed by atoms with van der Waals surface area (Å²) in [5, 5.41) is 0. The van der Waals surface area contributed by atoms with E-state index in [1.807, 2.05) is 13.8 Å². The fraction of sp³-hybridized carbons (Fsp3) is 0.562. The third-order valence-electron chi connectivity index (χ3n) is 3.67. The van der Waals surface area contributed by atoms with Gasteiger partial charge in [0.1, 0.15) is 0 Å². The highest BCUT2D eigenvalue weighted by atomic mass is 35.5.